The number of fused-ring (bicyclic) bond motifs is 1. The first-order chi connectivity index (χ1) is 12.8. The lowest BCUT2D eigenvalue weighted by Gasteiger charge is -2.26. The third-order valence-corrected chi connectivity index (χ3v) is 5.44. The van der Waals surface area contributed by atoms with Crippen LogP contribution in [-0.2, 0) is 21.2 Å². The minimum atomic E-state index is -3.48. The first kappa shape index (κ1) is 19.4. The summed E-state index contributed by atoms with van der Waals surface area (Å²) in [4.78, 5) is 14.9. The topological polar surface area (TPSA) is 75.7 Å². The number of sulfonamides is 1. The fourth-order valence-electron chi connectivity index (χ4n) is 3.54. The molecule has 27 heavy (non-hydrogen) atoms. The molecule has 0 aliphatic carbocycles. The molecule has 0 spiro atoms. The molecule has 1 aliphatic heterocycles. The molecule has 1 amide bonds. The molecule has 0 bridgehead atoms. The minimum Gasteiger partial charge on any atom is -0.497 e. The van der Waals surface area contributed by atoms with Crippen LogP contribution in [0.1, 0.15) is 30.5 Å². The van der Waals surface area contributed by atoms with E-state index in [-0.39, 0.29) is 18.4 Å². The summed E-state index contributed by atoms with van der Waals surface area (Å²) in [5.74, 6) is 0.565. The quantitative estimate of drug-likeness (QED) is 0.825. The van der Waals surface area contributed by atoms with Gasteiger partial charge in [-0.25, -0.2) is 13.1 Å². The van der Waals surface area contributed by atoms with Crippen LogP contribution in [-0.4, -0.2) is 33.7 Å². The number of nitrogens with one attached hydrogen (secondary N) is 1. The summed E-state index contributed by atoms with van der Waals surface area (Å²) in [5, 5.41) is 0. The van der Waals surface area contributed by atoms with Crippen LogP contribution in [0, 0.1) is 0 Å². The van der Waals surface area contributed by atoms with Gasteiger partial charge in [0, 0.05) is 18.2 Å². The molecule has 0 saturated heterocycles. The highest BCUT2D eigenvalue weighted by molar-refractivity contribution is 7.88. The van der Waals surface area contributed by atoms with E-state index in [4.69, 9.17) is 4.74 Å². The number of hydrogen-bond donors (Lipinski definition) is 1. The van der Waals surface area contributed by atoms with Crippen LogP contribution >= 0.6 is 0 Å². The fraction of sp³-hybridized carbons (Fsp3) is 0.350. The molecule has 1 heterocycles. The first-order valence-electron chi connectivity index (χ1n) is 8.79. The molecule has 0 radical (unpaired) electrons. The van der Waals surface area contributed by atoms with E-state index < -0.39 is 16.1 Å². The average Bonchev–Trinajstić information content (AvgIpc) is 2.96. The van der Waals surface area contributed by atoms with E-state index in [1.54, 1.807) is 36.3 Å². The highest BCUT2D eigenvalue weighted by Crippen LogP contribution is 2.33. The second-order valence-electron chi connectivity index (χ2n) is 6.87. The van der Waals surface area contributed by atoms with Gasteiger partial charge in [0.2, 0.25) is 15.9 Å². The Kier molecular flexibility index (Phi) is 5.53. The zero-order chi connectivity index (χ0) is 19.6. The van der Waals surface area contributed by atoms with Gasteiger partial charge in [-0.3, -0.25) is 4.79 Å². The SMILES string of the molecule is COc1ccc([C@H](CC(=O)N2c3ccccc3C[C@@H]2C)NS(C)(=O)=O)cc1. The van der Waals surface area contributed by atoms with E-state index in [2.05, 4.69) is 4.72 Å². The van der Waals surface area contributed by atoms with Gasteiger partial charge in [0.1, 0.15) is 5.75 Å². The van der Waals surface area contributed by atoms with Crippen molar-refractivity contribution in [3.8, 4) is 5.75 Å². The number of ether oxygens (including phenoxy) is 1. The molecule has 2 atom stereocenters. The predicted molar refractivity (Wildman–Crippen MR) is 105 cm³/mol. The number of carbonyl (C=O) groups is 1. The maximum absolute atomic E-state index is 13.1. The Balaban J connectivity index is 1.86. The highest BCUT2D eigenvalue weighted by atomic mass is 32.2. The van der Waals surface area contributed by atoms with Gasteiger partial charge in [0.05, 0.1) is 19.4 Å². The van der Waals surface area contributed by atoms with Crippen molar-refractivity contribution in [1.29, 1.82) is 0 Å². The van der Waals surface area contributed by atoms with Crippen molar-refractivity contribution < 1.29 is 17.9 Å². The predicted octanol–water partition coefficient (Wildman–Crippen LogP) is 2.65. The van der Waals surface area contributed by atoms with E-state index in [1.165, 1.54) is 0 Å². The summed E-state index contributed by atoms with van der Waals surface area (Å²) in [6.45, 7) is 2.00. The number of anilines is 1. The number of amides is 1. The number of benzene rings is 2. The number of hydrogen-bond acceptors (Lipinski definition) is 4. The Bertz CT molecular complexity index is 925. The van der Waals surface area contributed by atoms with Crippen LogP contribution in [0.15, 0.2) is 48.5 Å². The lowest BCUT2D eigenvalue weighted by Crippen LogP contribution is -2.39. The Labute approximate surface area is 160 Å². The van der Waals surface area contributed by atoms with Crippen molar-refractivity contribution in [3.05, 3.63) is 59.7 Å². The van der Waals surface area contributed by atoms with Crippen molar-refractivity contribution in [3.63, 3.8) is 0 Å². The monoisotopic (exact) mass is 388 g/mol. The van der Waals surface area contributed by atoms with E-state index in [1.807, 2.05) is 31.2 Å². The molecule has 3 rings (SSSR count). The van der Waals surface area contributed by atoms with Crippen molar-refractivity contribution in [2.45, 2.75) is 31.8 Å². The lowest BCUT2D eigenvalue weighted by molar-refractivity contribution is -0.119. The van der Waals surface area contributed by atoms with Crippen molar-refractivity contribution >= 4 is 21.6 Å². The standard InChI is InChI=1S/C20H24N2O4S/c1-14-12-16-6-4-5-7-19(16)22(14)20(23)13-18(21-27(3,24)25)15-8-10-17(26-2)11-9-15/h4-11,14,18,21H,12-13H2,1-3H3/t14-,18-/m0/s1. The molecule has 144 valence electrons. The Hall–Kier alpha value is -2.38. The largest absolute Gasteiger partial charge is 0.497 e. The van der Waals surface area contributed by atoms with E-state index in [9.17, 15) is 13.2 Å². The molecule has 2 aromatic rings. The normalized spacial score (nSPS) is 17.4. The molecule has 7 heteroatoms. The third-order valence-electron chi connectivity index (χ3n) is 4.73. The number of para-hydroxylation sites is 1. The van der Waals surface area contributed by atoms with Crippen LogP contribution in [0.3, 0.4) is 0 Å². The smallest absolute Gasteiger partial charge is 0.229 e. The Morgan fingerprint density at radius 1 is 1.22 bits per heavy atom. The molecule has 2 aromatic carbocycles. The average molecular weight is 388 g/mol. The second-order valence-corrected chi connectivity index (χ2v) is 8.65. The van der Waals surface area contributed by atoms with Gasteiger partial charge >= 0.3 is 0 Å². The summed E-state index contributed by atoms with van der Waals surface area (Å²) in [7, 11) is -1.92. The molecule has 1 aliphatic rings. The lowest BCUT2D eigenvalue weighted by atomic mass is 10.0. The summed E-state index contributed by atoms with van der Waals surface area (Å²) in [6.07, 6.45) is 1.94. The van der Waals surface area contributed by atoms with Gasteiger partial charge in [-0.1, -0.05) is 30.3 Å². The molecule has 0 aromatic heterocycles. The maximum Gasteiger partial charge on any atom is 0.229 e. The third kappa shape index (κ3) is 4.48. The summed E-state index contributed by atoms with van der Waals surface area (Å²) in [5.41, 5.74) is 2.76. The van der Waals surface area contributed by atoms with Crippen LogP contribution in [0.2, 0.25) is 0 Å². The van der Waals surface area contributed by atoms with Crippen LogP contribution in [0.4, 0.5) is 5.69 Å². The van der Waals surface area contributed by atoms with Crippen LogP contribution in [0.5, 0.6) is 5.75 Å². The molecular weight excluding hydrogens is 364 g/mol. The van der Waals surface area contributed by atoms with Crippen molar-refractivity contribution in [2.75, 3.05) is 18.3 Å². The molecule has 6 nitrogen and oxygen atoms in total. The number of methoxy groups -OCH3 is 1. The van der Waals surface area contributed by atoms with Gasteiger partial charge in [-0.2, -0.15) is 0 Å². The Morgan fingerprint density at radius 3 is 2.52 bits per heavy atom. The van der Waals surface area contributed by atoms with Crippen LogP contribution in [0.25, 0.3) is 0 Å². The number of rotatable bonds is 6. The van der Waals surface area contributed by atoms with E-state index >= 15 is 0 Å². The zero-order valence-corrected chi connectivity index (χ0v) is 16.5. The fourth-order valence-corrected chi connectivity index (χ4v) is 4.28. The summed E-state index contributed by atoms with van der Waals surface area (Å²) >= 11 is 0. The van der Waals surface area contributed by atoms with Crippen molar-refractivity contribution in [2.24, 2.45) is 0 Å². The molecule has 1 N–H and O–H groups in total. The minimum absolute atomic E-state index is 0.0398. The van der Waals surface area contributed by atoms with Gasteiger partial charge in [0.15, 0.2) is 0 Å². The molecule has 0 unspecified atom stereocenters. The van der Waals surface area contributed by atoms with Crippen LogP contribution < -0.4 is 14.4 Å². The molecule has 0 saturated carbocycles. The molecular formula is C20H24N2O4S. The highest BCUT2D eigenvalue weighted by Gasteiger charge is 2.32. The Morgan fingerprint density at radius 2 is 1.89 bits per heavy atom. The number of nitrogens with zero attached hydrogens (tertiary/aromatic N) is 1. The zero-order valence-electron chi connectivity index (χ0n) is 15.7. The summed E-state index contributed by atoms with van der Waals surface area (Å²) in [6, 6.07) is 14.3. The van der Waals surface area contributed by atoms with Gasteiger partial charge in [-0.15, -0.1) is 0 Å². The van der Waals surface area contributed by atoms with Gasteiger partial charge in [0.25, 0.3) is 0 Å². The van der Waals surface area contributed by atoms with E-state index in [0.29, 0.717) is 5.75 Å². The van der Waals surface area contributed by atoms with Gasteiger partial charge in [-0.05, 0) is 42.7 Å². The number of carbonyl (C=O) groups excluding carboxylic acids is 1. The van der Waals surface area contributed by atoms with Gasteiger partial charge < -0.3 is 9.64 Å². The second kappa shape index (κ2) is 7.70. The van der Waals surface area contributed by atoms with Crippen molar-refractivity contribution in [1.82, 2.24) is 4.72 Å². The first-order valence-corrected chi connectivity index (χ1v) is 10.7. The molecule has 0 fully saturated rings. The maximum atomic E-state index is 13.1. The summed E-state index contributed by atoms with van der Waals surface area (Å²) < 4.78 is 31.4. The van der Waals surface area contributed by atoms with E-state index in [0.717, 1.165) is 29.5 Å².